The van der Waals surface area contributed by atoms with Crippen molar-refractivity contribution >= 4 is 28.9 Å². The molecule has 0 fully saturated rings. The molecular formula is C13H11ClO3S. The number of halogens is 1. The van der Waals surface area contributed by atoms with Crippen molar-refractivity contribution in [1.29, 1.82) is 0 Å². The van der Waals surface area contributed by atoms with Gasteiger partial charge >= 0.3 is 5.97 Å². The fourth-order valence-corrected chi connectivity index (χ4v) is 2.42. The summed E-state index contributed by atoms with van der Waals surface area (Å²) in [5.74, 6) is 0.252. The Morgan fingerprint density at radius 1 is 1.33 bits per heavy atom. The lowest BCUT2D eigenvalue weighted by Crippen LogP contribution is -2.01. The van der Waals surface area contributed by atoms with E-state index in [1.807, 2.05) is 12.1 Å². The first-order valence-electron chi connectivity index (χ1n) is 5.24. The zero-order chi connectivity index (χ0) is 13.0. The molecule has 0 saturated heterocycles. The summed E-state index contributed by atoms with van der Waals surface area (Å²) < 4.78 is 11.0. The maximum absolute atomic E-state index is 11.4. The van der Waals surface area contributed by atoms with E-state index in [-0.39, 0.29) is 5.97 Å². The molecule has 0 N–H and O–H groups in total. The molecule has 94 valence electrons. The molecule has 0 bridgehead atoms. The van der Waals surface area contributed by atoms with Crippen LogP contribution in [0.25, 0.3) is 0 Å². The molecular weight excluding hydrogens is 272 g/mol. The van der Waals surface area contributed by atoms with Crippen molar-refractivity contribution in [2.45, 2.75) is 6.61 Å². The van der Waals surface area contributed by atoms with E-state index in [1.54, 1.807) is 24.3 Å². The summed E-state index contributed by atoms with van der Waals surface area (Å²) in [6.45, 7) is 0.433. The number of hydrogen-bond acceptors (Lipinski definition) is 4. The maximum atomic E-state index is 11.4. The van der Waals surface area contributed by atoms with Crippen LogP contribution in [0.5, 0.6) is 5.75 Å². The van der Waals surface area contributed by atoms with Gasteiger partial charge in [0.25, 0.3) is 0 Å². The highest BCUT2D eigenvalue weighted by molar-refractivity contribution is 7.16. The predicted octanol–water partition coefficient (Wildman–Crippen LogP) is 3.77. The second-order valence-electron chi connectivity index (χ2n) is 3.51. The van der Waals surface area contributed by atoms with Gasteiger partial charge in [0, 0.05) is 4.88 Å². The van der Waals surface area contributed by atoms with Crippen molar-refractivity contribution in [2.75, 3.05) is 7.11 Å². The number of esters is 1. The van der Waals surface area contributed by atoms with Crippen molar-refractivity contribution in [3.05, 3.63) is 51.2 Å². The van der Waals surface area contributed by atoms with Crippen LogP contribution in [0.2, 0.25) is 4.34 Å². The molecule has 0 unspecified atom stereocenters. The highest BCUT2D eigenvalue weighted by Gasteiger charge is 2.06. The fourth-order valence-electron chi connectivity index (χ4n) is 1.41. The van der Waals surface area contributed by atoms with Gasteiger partial charge in [-0.2, -0.15) is 0 Å². The molecule has 18 heavy (non-hydrogen) atoms. The van der Waals surface area contributed by atoms with E-state index in [0.29, 0.717) is 17.9 Å². The summed E-state index contributed by atoms with van der Waals surface area (Å²) in [6.07, 6.45) is 0. The fraction of sp³-hybridized carbons (Fsp3) is 0.154. The van der Waals surface area contributed by atoms with Crippen LogP contribution in [-0.2, 0) is 11.3 Å². The van der Waals surface area contributed by atoms with Gasteiger partial charge in [-0.3, -0.25) is 0 Å². The third-order valence-electron chi connectivity index (χ3n) is 2.27. The van der Waals surface area contributed by atoms with Crippen LogP contribution in [0.3, 0.4) is 0 Å². The van der Waals surface area contributed by atoms with Gasteiger partial charge < -0.3 is 9.47 Å². The Bertz CT molecular complexity index is 551. The van der Waals surface area contributed by atoms with E-state index < -0.39 is 0 Å². The highest BCUT2D eigenvalue weighted by atomic mass is 35.5. The van der Waals surface area contributed by atoms with Gasteiger partial charge in [-0.05, 0) is 30.3 Å². The first-order valence-corrected chi connectivity index (χ1v) is 6.44. The van der Waals surface area contributed by atoms with Gasteiger partial charge in [-0.25, -0.2) is 4.79 Å². The Balaban J connectivity index is 2.03. The summed E-state index contributed by atoms with van der Waals surface area (Å²) in [5.41, 5.74) is 0.471. The average molecular weight is 283 g/mol. The minimum Gasteiger partial charge on any atom is -0.488 e. The number of hydrogen-bond donors (Lipinski definition) is 0. The normalized spacial score (nSPS) is 10.1. The van der Waals surface area contributed by atoms with Crippen molar-refractivity contribution in [3.63, 3.8) is 0 Å². The number of carbonyl (C=O) groups is 1. The molecule has 0 aliphatic rings. The number of methoxy groups -OCH3 is 1. The van der Waals surface area contributed by atoms with Crippen molar-refractivity contribution in [1.82, 2.24) is 0 Å². The summed E-state index contributed by atoms with van der Waals surface area (Å²) in [4.78, 5) is 12.4. The largest absolute Gasteiger partial charge is 0.488 e. The Morgan fingerprint density at radius 3 is 2.83 bits per heavy atom. The third kappa shape index (κ3) is 3.24. The number of benzene rings is 1. The molecule has 0 aliphatic heterocycles. The van der Waals surface area contributed by atoms with E-state index in [4.69, 9.17) is 16.3 Å². The number of thiophene rings is 1. The zero-order valence-electron chi connectivity index (χ0n) is 9.68. The molecule has 1 heterocycles. The van der Waals surface area contributed by atoms with Crippen LogP contribution < -0.4 is 4.74 Å². The van der Waals surface area contributed by atoms with E-state index >= 15 is 0 Å². The molecule has 1 aromatic carbocycles. The molecule has 0 aliphatic carbocycles. The summed E-state index contributed by atoms with van der Waals surface area (Å²) >= 11 is 7.30. The van der Waals surface area contributed by atoms with E-state index in [2.05, 4.69) is 4.74 Å². The quantitative estimate of drug-likeness (QED) is 0.801. The van der Waals surface area contributed by atoms with Gasteiger partial charge in [-0.15, -0.1) is 11.3 Å². The van der Waals surface area contributed by atoms with Gasteiger partial charge in [0.05, 0.1) is 17.0 Å². The molecule has 5 heteroatoms. The lowest BCUT2D eigenvalue weighted by Gasteiger charge is -2.06. The first-order chi connectivity index (χ1) is 8.69. The summed E-state index contributed by atoms with van der Waals surface area (Å²) in [5, 5.41) is 0. The number of carbonyl (C=O) groups excluding carboxylic acids is 1. The Labute approximate surface area is 114 Å². The second-order valence-corrected chi connectivity index (χ2v) is 5.31. The molecule has 0 saturated carbocycles. The molecule has 2 rings (SSSR count). The van der Waals surface area contributed by atoms with E-state index in [1.165, 1.54) is 18.4 Å². The predicted molar refractivity (Wildman–Crippen MR) is 71.4 cm³/mol. The summed E-state index contributed by atoms with van der Waals surface area (Å²) in [7, 11) is 1.35. The monoisotopic (exact) mass is 282 g/mol. The van der Waals surface area contributed by atoms with E-state index in [0.717, 1.165) is 9.21 Å². The lowest BCUT2D eigenvalue weighted by molar-refractivity contribution is 0.0600. The van der Waals surface area contributed by atoms with Gasteiger partial charge in [0.1, 0.15) is 12.4 Å². The van der Waals surface area contributed by atoms with Crippen LogP contribution in [0.1, 0.15) is 15.2 Å². The zero-order valence-corrected chi connectivity index (χ0v) is 11.3. The van der Waals surface area contributed by atoms with Crippen LogP contribution in [0, 0.1) is 0 Å². The van der Waals surface area contributed by atoms with Gasteiger partial charge in [-0.1, -0.05) is 17.7 Å². The minimum absolute atomic E-state index is 0.375. The van der Waals surface area contributed by atoms with Crippen LogP contribution >= 0.6 is 22.9 Å². The standard InChI is InChI=1S/C13H11ClO3S/c1-16-13(15)9-3-2-4-10(7-9)17-8-11-5-6-12(14)18-11/h2-7H,8H2,1H3. The number of rotatable bonds is 4. The smallest absolute Gasteiger partial charge is 0.337 e. The van der Waals surface area contributed by atoms with Crippen LogP contribution in [0.4, 0.5) is 0 Å². The first kappa shape index (κ1) is 12.9. The van der Waals surface area contributed by atoms with Crippen molar-refractivity contribution in [3.8, 4) is 5.75 Å². The van der Waals surface area contributed by atoms with Crippen molar-refractivity contribution in [2.24, 2.45) is 0 Å². The minimum atomic E-state index is -0.375. The summed E-state index contributed by atoms with van der Waals surface area (Å²) in [6, 6.07) is 10.6. The molecule has 1 aromatic heterocycles. The molecule has 0 atom stereocenters. The average Bonchev–Trinajstić information content (AvgIpc) is 2.81. The van der Waals surface area contributed by atoms with E-state index in [9.17, 15) is 4.79 Å². The third-order valence-corrected chi connectivity index (χ3v) is 3.47. The SMILES string of the molecule is COC(=O)c1cccc(OCc2ccc(Cl)s2)c1. The molecule has 2 aromatic rings. The Hall–Kier alpha value is -1.52. The van der Waals surface area contributed by atoms with Gasteiger partial charge in [0.15, 0.2) is 0 Å². The molecule has 0 amide bonds. The van der Waals surface area contributed by atoms with Crippen LogP contribution in [0.15, 0.2) is 36.4 Å². The molecule has 0 radical (unpaired) electrons. The maximum Gasteiger partial charge on any atom is 0.337 e. The highest BCUT2D eigenvalue weighted by Crippen LogP contribution is 2.23. The van der Waals surface area contributed by atoms with Gasteiger partial charge in [0.2, 0.25) is 0 Å². The molecule has 0 spiro atoms. The van der Waals surface area contributed by atoms with Crippen LogP contribution in [-0.4, -0.2) is 13.1 Å². The number of ether oxygens (including phenoxy) is 2. The van der Waals surface area contributed by atoms with Crippen molar-refractivity contribution < 1.29 is 14.3 Å². The second kappa shape index (κ2) is 5.89. The Morgan fingerprint density at radius 2 is 2.17 bits per heavy atom. The topological polar surface area (TPSA) is 35.5 Å². The lowest BCUT2D eigenvalue weighted by atomic mass is 10.2. The Kier molecular flexibility index (Phi) is 4.23. The molecule has 3 nitrogen and oxygen atoms in total.